The number of rotatable bonds is 2. The van der Waals surface area contributed by atoms with E-state index in [4.69, 9.17) is 9.26 Å². The summed E-state index contributed by atoms with van der Waals surface area (Å²) in [7, 11) is 3.33. The monoisotopic (exact) mass is 246 g/mol. The third kappa shape index (κ3) is 1.38. The summed E-state index contributed by atoms with van der Waals surface area (Å²) >= 11 is 0. The zero-order valence-corrected chi connectivity index (χ0v) is 10.8. The van der Waals surface area contributed by atoms with E-state index in [0.29, 0.717) is 0 Å². The smallest absolute Gasteiger partial charge is 0.316 e. The van der Waals surface area contributed by atoms with Crippen LogP contribution >= 0.6 is 0 Å². The fourth-order valence-electron chi connectivity index (χ4n) is 2.51. The fourth-order valence-corrected chi connectivity index (χ4v) is 2.51. The van der Waals surface area contributed by atoms with Gasteiger partial charge in [-0.2, -0.15) is 0 Å². The van der Waals surface area contributed by atoms with Crippen LogP contribution in [0.15, 0.2) is 22.7 Å². The van der Waals surface area contributed by atoms with Crippen molar-refractivity contribution >= 4 is 16.9 Å². The Morgan fingerprint density at radius 3 is 2.78 bits per heavy atom. The molecule has 1 aromatic heterocycles. The largest absolute Gasteiger partial charge is 0.468 e. The molecule has 94 valence electrons. The van der Waals surface area contributed by atoms with Crippen LogP contribution in [0.3, 0.4) is 0 Å². The first-order valence-corrected chi connectivity index (χ1v) is 6.07. The van der Waals surface area contributed by atoms with Gasteiger partial charge in [-0.15, -0.1) is 0 Å². The van der Waals surface area contributed by atoms with Gasteiger partial charge in [0.25, 0.3) is 0 Å². The Morgan fingerprint density at radius 1 is 1.44 bits per heavy atom. The average molecular weight is 246 g/mol. The minimum Gasteiger partial charge on any atom is -0.468 e. The number of nitrogens with zero attached hydrogens (tertiary/aromatic N) is 1. The van der Waals surface area contributed by atoms with E-state index in [-0.39, 0.29) is 5.97 Å². The van der Waals surface area contributed by atoms with E-state index < -0.39 is 5.41 Å². The summed E-state index contributed by atoms with van der Waals surface area (Å²) in [6.45, 7) is 2.01. The second kappa shape index (κ2) is 3.57. The molecule has 4 heteroatoms. The fraction of sp³-hybridized carbons (Fsp3) is 0.429. The highest BCUT2D eigenvalue weighted by molar-refractivity contribution is 5.89. The molecule has 3 rings (SSSR count). The molecular formula is C14H16NO3+. The van der Waals surface area contributed by atoms with Gasteiger partial charge in [-0.3, -0.25) is 4.79 Å². The number of aryl methyl sites for hydroxylation is 2. The number of ether oxygens (including phenoxy) is 1. The molecule has 4 nitrogen and oxygen atoms in total. The zero-order chi connectivity index (χ0) is 12.9. The van der Waals surface area contributed by atoms with Crippen molar-refractivity contribution in [1.82, 2.24) is 0 Å². The first kappa shape index (κ1) is 11.3. The van der Waals surface area contributed by atoms with Gasteiger partial charge >= 0.3 is 5.97 Å². The molecule has 1 aliphatic rings. The minimum absolute atomic E-state index is 0.132. The summed E-state index contributed by atoms with van der Waals surface area (Å²) in [5.41, 5.74) is 2.53. The van der Waals surface area contributed by atoms with Crippen molar-refractivity contribution in [3.05, 3.63) is 29.5 Å². The lowest BCUT2D eigenvalue weighted by Gasteiger charge is -2.12. The Kier molecular flexibility index (Phi) is 2.24. The Bertz CT molecular complexity index is 638. The van der Waals surface area contributed by atoms with Crippen molar-refractivity contribution in [2.75, 3.05) is 7.11 Å². The lowest BCUT2D eigenvalue weighted by Crippen LogP contribution is -2.27. The quantitative estimate of drug-likeness (QED) is 0.599. The van der Waals surface area contributed by atoms with Gasteiger partial charge in [0.15, 0.2) is 7.05 Å². The number of carbonyl (C=O) groups excluding carboxylic acids is 1. The highest BCUT2D eigenvalue weighted by atomic mass is 16.5. The maximum atomic E-state index is 11.9. The second-order valence-electron chi connectivity index (χ2n) is 4.96. The van der Waals surface area contributed by atoms with Gasteiger partial charge in [0.2, 0.25) is 11.3 Å². The number of fused-ring (bicyclic) bond motifs is 1. The van der Waals surface area contributed by atoms with Crippen molar-refractivity contribution in [1.29, 1.82) is 0 Å². The average Bonchev–Trinajstić information content (AvgIpc) is 3.14. The van der Waals surface area contributed by atoms with E-state index in [2.05, 4.69) is 6.07 Å². The Hall–Kier alpha value is -1.84. The van der Waals surface area contributed by atoms with Gasteiger partial charge in [-0.25, -0.2) is 4.52 Å². The predicted molar refractivity (Wildman–Crippen MR) is 65.1 cm³/mol. The molecule has 18 heavy (non-hydrogen) atoms. The number of esters is 1. The molecule has 0 unspecified atom stereocenters. The number of methoxy groups -OCH3 is 1. The summed E-state index contributed by atoms with van der Waals surface area (Å²) in [6.07, 6.45) is 1.74. The van der Waals surface area contributed by atoms with Gasteiger partial charge in [0.05, 0.1) is 17.9 Å². The van der Waals surface area contributed by atoms with Crippen LogP contribution < -0.4 is 4.74 Å². The molecule has 1 aliphatic carbocycles. The van der Waals surface area contributed by atoms with Gasteiger partial charge < -0.3 is 4.74 Å². The predicted octanol–water partition coefficient (Wildman–Crippen LogP) is 1.77. The van der Waals surface area contributed by atoms with Gasteiger partial charge in [0.1, 0.15) is 0 Å². The standard InChI is InChI=1S/C14H16NO3/c1-9-11-8-10(4-5-12(11)18-15(9)2)14(6-7-14)13(16)17-3/h4-5,8H,6-7H2,1-3H3/q+1. The van der Waals surface area contributed by atoms with E-state index in [9.17, 15) is 4.79 Å². The lowest BCUT2D eigenvalue weighted by molar-refractivity contribution is -0.845. The van der Waals surface area contributed by atoms with E-state index >= 15 is 0 Å². The van der Waals surface area contributed by atoms with Crippen molar-refractivity contribution in [2.45, 2.75) is 25.2 Å². The van der Waals surface area contributed by atoms with Crippen molar-refractivity contribution < 1.29 is 18.8 Å². The molecule has 0 spiro atoms. The number of carbonyl (C=O) groups is 1. The SMILES string of the molecule is COC(=O)C1(c2ccc3o[n+](C)c(C)c3c2)CC1. The Balaban J connectivity index is 2.14. The minimum atomic E-state index is -0.411. The van der Waals surface area contributed by atoms with Crippen molar-refractivity contribution in [2.24, 2.45) is 7.05 Å². The highest BCUT2D eigenvalue weighted by Gasteiger charge is 2.52. The second-order valence-corrected chi connectivity index (χ2v) is 4.96. The molecule has 0 bridgehead atoms. The molecule has 1 saturated carbocycles. The molecule has 0 amide bonds. The summed E-state index contributed by atoms with van der Waals surface area (Å²) < 4.78 is 12.2. The molecule has 0 radical (unpaired) electrons. The summed E-state index contributed by atoms with van der Waals surface area (Å²) in [5, 5.41) is 1.06. The van der Waals surface area contributed by atoms with Gasteiger partial charge in [-0.1, -0.05) is 6.07 Å². The molecular weight excluding hydrogens is 230 g/mol. The van der Waals surface area contributed by atoms with E-state index in [1.807, 2.05) is 26.1 Å². The van der Waals surface area contributed by atoms with Crippen molar-refractivity contribution in [3.8, 4) is 0 Å². The maximum absolute atomic E-state index is 11.9. The van der Waals surface area contributed by atoms with E-state index in [1.165, 1.54) is 7.11 Å². The van der Waals surface area contributed by atoms with Crippen molar-refractivity contribution in [3.63, 3.8) is 0 Å². The van der Waals surface area contributed by atoms with Crippen LogP contribution in [0.5, 0.6) is 0 Å². The lowest BCUT2D eigenvalue weighted by atomic mass is 9.95. The number of hydrogen-bond donors (Lipinski definition) is 0. The first-order valence-electron chi connectivity index (χ1n) is 6.07. The van der Waals surface area contributed by atoms with Gasteiger partial charge in [0, 0.05) is 6.92 Å². The summed E-state index contributed by atoms with van der Waals surface area (Å²) in [6, 6.07) is 5.95. The normalized spacial score (nSPS) is 16.8. The van der Waals surface area contributed by atoms with Crippen LogP contribution in [0.2, 0.25) is 0 Å². The molecule has 1 aromatic carbocycles. The Morgan fingerprint density at radius 2 is 2.17 bits per heavy atom. The van der Waals surface area contributed by atoms with E-state index in [0.717, 1.165) is 35.1 Å². The molecule has 0 aliphatic heterocycles. The molecule has 0 saturated heterocycles. The van der Waals surface area contributed by atoms with Crippen LogP contribution in [-0.4, -0.2) is 13.1 Å². The van der Waals surface area contributed by atoms with Crippen LogP contribution in [0.4, 0.5) is 0 Å². The van der Waals surface area contributed by atoms with Crippen LogP contribution in [0.25, 0.3) is 11.0 Å². The van der Waals surface area contributed by atoms with Crippen LogP contribution in [-0.2, 0) is 22.0 Å². The first-order chi connectivity index (χ1) is 8.58. The maximum Gasteiger partial charge on any atom is 0.316 e. The van der Waals surface area contributed by atoms with Crippen LogP contribution in [0, 0.1) is 6.92 Å². The van der Waals surface area contributed by atoms with E-state index in [1.54, 1.807) is 4.74 Å². The molecule has 0 atom stereocenters. The number of benzene rings is 1. The third-order valence-electron chi connectivity index (χ3n) is 3.96. The number of hydrogen-bond acceptors (Lipinski definition) is 3. The van der Waals surface area contributed by atoms with Crippen LogP contribution in [0.1, 0.15) is 24.1 Å². The topological polar surface area (TPSA) is 43.3 Å². The summed E-state index contributed by atoms with van der Waals surface area (Å²) in [4.78, 5) is 11.9. The Labute approximate surface area is 105 Å². The third-order valence-corrected chi connectivity index (χ3v) is 3.96. The number of aromatic nitrogens is 1. The molecule has 2 aromatic rings. The molecule has 1 heterocycles. The highest BCUT2D eigenvalue weighted by Crippen LogP contribution is 2.49. The zero-order valence-electron chi connectivity index (χ0n) is 10.8. The molecule has 0 N–H and O–H groups in total. The summed E-state index contributed by atoms with van der Waals surface area (Å²) in [5.74, 6) is -0.132. The molecule has 1 fully saturated rings. The van der Waals surface area contributed by atoms with Gasteiger partial charge in [-0.05, 0) is 35.3 Å².